The van der Waals surface area contributed by atoms with Crippen LogP contribution in [0.4, 0.5) is 5.69 Å². The van der Waals surface area contributed by atoms with E-state index in [1.54, 1.807) is 0 Å². The van der Waals surface area contributed by atoms with Crippen LogP contribution >= 0.6 is 11.8 Å². The molecular formula is C13H17N3O2S2. The van der Waals surface area contributed by atoms with Crippen LogP contribution in [0, 0.1) is 12.8 Å². The summed E-state index contributed by atoms with van der Waals surface area (Å²) in [5.74, 6) is 0.847. The van der Waals surface area contributed by atoms with Gasteiger partial charge < -0.3 is 5.32 Å². The predicted molar refractivity (Wildman–Crippen MR) is 85.9 cm³/mol. The maximum atomic E-state index is 11.3. The number of nitrogens with one attached hydrogen (secondary N) is 1. The third-order valence-corrected chi connectivity index (χ3v) is 5.31. The minimum absolute atomic E-state index is 0.0261. The predicted octanol–water partition coefficient (Wildman–Crippen LogP) is 2.85. The Morgan fingerprint density at radius 2 is 2.00 bits per heavy atom. The van der Waals surface area contributed by atoms with E-state index in [9.17, 15) is 8.42 Å². The SMILES string of the molecule is Cc1ccc(N/C(=N/C2=NS(=O)(=O)CS2)C(C)C)cc1. The molecule has 0 saturated heterocycles. The number of sulfonamides is 1. The van der Waals surface area contributed by atoms with Gasteiger partial charge in [0.2, 0.25) is 5.17 Å². The smallest absolute Gasteiger partial charge is 0.265 e. The van der Waals surface area contributed by atoms with Gasteiger partial charge in [0.25, 0.3) is 10.0 Å². The normalized spacial score (nSPS) is 18.2. The molecule has 0 unspecified atom stereocenters. The fourth-order valence-electron chi connectivity index (χ4n) is 1.54. The molecule has 7 heteroatoms. The van der Waals surface area contributed by atoms with Gasteiger partial charge in [0.1, 0.15) is 10.9 Å². The highest BCUT2D eigenvalue weighted by Gasteiger charge is 2.21. The molecule has 108 valence electrons. The van der Waals surface area contributed by atoms with Crippen LogP contribution in [-0.4, -0.2) is 24.5 Å². The molecule has 1 heterocycles. The Hall–Kier alpha value is -1.34. The highest BCUT2D eigenvalue weighted by atomic mass is 32.3. The van der Waals surface area contributed by atoms with E-state index in [0.717, 1.165) is 17.4 Å². The van der Waals surface area contributed by atoms with Crippen molar-refractivity contribution in [3.8, 4) is 0 Å². The second-order valence-corrected chi connectivity index (χ2v) is 7.80. The zero-order chi connectivity index (χ0) is 14.8. The number of aryl methyl sites for hydroxylation is 1. The van der Waals surface area contributed by atoms with E-state index in [-0.39, 0.29) is 11.0 Å². The molecule has 20 heavy (non-hydrogen) atoms. The van der Waals surface area contributed by atoms with Gasteiger partial charge in [-0.05, 0) is 19.1 Å². The molecule has 1 aliphatic heterocycles. The van der Waals surface area contributed by atoms with Crippen LogP contribution in [0.15, 0.2) is 33.7 Å². The zero-order valence-electron chi connectivity index (χ0n) is 11.6. The Kier molecular flexibility index (Phi) is 4.49. The lowest BCUT2D eigenvalue weighted by atomic mass is 10.2. The van der Waals surface area contributed by atoms with Crippen molar-refractivity contribution < 1.29 is 8.42 Å². The molecule has 5 nitrogen and oxygen atoms in total. The Morgan fingerprint density at radius 1 is 1.35 bits per heavy atom. The minimum atomic E-state index is -3.33. The van der Waals surface area contributed by atoms with Gasteiger partial charge in [0.15, 0.2) is 0 Å². The molecule has 0 aromatic heterocycles. The first-order valence-corrected chi connectivity index (χ1v) is 8.83. The van der Waals surface area contributed by atoms with E-state index in [4.69, 9.17) is 0 Å². The summed E-state index contributed by atoms with van der Waals surface area (Å²) in [6, 6.07) is 7.94. The quantitative estimate of drug-likeness (QED) is 0.673. The first-order chi connectivity index (χ1) is 9.35. The Bertz CT molecular complexity index is 647. The number of hydrogen-bond acceptors (Lipinski definition) is 4. The maximum absolute atomic E-state index is 11.3. The number of anilines is 1. The van der Waals surface area contributed by atoms with Gasteiger partial charge in [0.05, 0.1) is 0 Å². The molecule has 0 spiro atoms. The molecule has 0 saturated carbocycles. The number of rotatable bonds is 2. The van der Waals surface area contributed by atoms with Gasteiger partial charge >= 0.3 is 0 Å². The first kappa shape index (κ1) is 15.1. The number of benzene rings is 1. The van der Waals surface area contributed by atoms with Gasteiger partial charge in [-0.25, -0.2) is 13.4 Å². The second kappa shape index (κ2) is 5.97. The van der Waals surface area contributed by atoms with E-state index in [1.807, 2.05) is 45.0 Å². The lowest BCUT2D eigenvalue weighted by Gasteiger charge is -2.13. The third-order valence-electron chi connectivity index (χ3n) is 2.64. The molecule has 1 aromatic carbocycles. The van der Waals surface area contributed by atoms with Crippen LogP contribution in [0.1, 0.15) is 19.4 Å². The lowest BCUT2D eigenvalue weighted by molar-refractivity contribution is 0.603. The summed E-state index contributed by atoms with van der Waals surface area (Å²) in [5.41, 5.74) is 2.11. The summed E-state index contributed by atoms with van der Waals surface area (Å²) < 4.78 is 26.2. The number of thioether (sulfide) groups is 1. The molecule has 1 aliphatic rings. The van der Waals surface area contributed by atoms with Crippen LogP contribution in [-0.2, 0) is 10.0 Å². The van der Waals surface area contributed by atoms with Crippen molar-refractivity contribution in [1.82, 2.24) is 0 Å². The van der Waals surface area contributed by atoms with Gasteiger partial charge in [-0.2, -0.15) is 0 Å². The van der Waals surface area contributed by atoms with Crippen LogP contribution in [0.25, 0.3) is 0 Å². The summed E-state index contributed by atoms with van der Waals surface area (Å²) in [7, 11) is -3.33. The summed E-state index contributed by atoms with van der Waals surface area (Å²) in [4.78, 5) is 4.33. The number of nitrogens with zero attached hydrogens (tertiary/aromatic N) is 2. The molecule has 0 fully saturated rings. The van der Waals surface area contributed by atoms with Crippen molar-refractivity contribution in [3.63, 3.8) is 0 Å². The highest BCUT2D eigenvalue weighted by Crippen LogP contribution is 2.21. The van der Waals surface area contributed by atoms with Crippen molar-refractivity contribution in [2.75, 3.05) is 10.4 Å². The largest absolute Gasteiger partial charge is 0.343 e. The topological polar surface area (TPSA) is 70.9 Å². The molecule has 0 radical (unpaired) electrons. The Morgan fingerprint density at radius 3 is 2.50 bits per heavy atom. The first-order valence-electron chi connectivity index (χ1n) is 6.23. The molecule has 1 N–H and O–H groups in total. The second-order valence-electron chi connectivity index (χ2n) is 4.86. The summed E-state index contributed by atoms with van der Waals surface area (Å²) in [5, 5.41) is 3.49. The summed E-state index contributed by atoms with van der Waals surface area (Å²) >= 11 is 1.14. The van der Waals surface area contributed by atoms with Crippen molar-refractivity contribution >= 4 is 38.5 Å². The molecule has 0 amide bonds. The average Bonchev–Trinajstić information content (AvgIpc) is 2.70. The molecule has 2 rings (SSSR count). The zero-order valence-corrected chi connectivity index (χ0v) is 13.3. The maximum Gasteiger partial charge on any atom is 0.265 e. The highest BCUT2D eigenvalue weighted by molar-refractivity contribution is 8.24. The molecule has 0 bridgehead atoms. The van der Waals surface area contributed by atoms with E-state index in [0.29, 0.717) is 11.0 Å². The van der Waals surface area contributed by atoms with Crippen molar-refractivity contribution in [3.05, 3.63) is 29.8 Å². The molecule has 0 aliphatic carbocycles. The van der Waals surface area contributed by atoms with Crippen molar-refractivity contribution in [2.24, 2.45) is 15.3 Å². The fourth-order valence-corrected chi connectivity index (χ4v) is 3.76. The third kappa shape index (κ3) is 4.08. The van der Waals surface area contributed by atoms with Gasteiger partial charge in [-0.15, -0.1) is 4.40 Å². The van der Waals surface area contributed by atoms with E-state index >= 15 is 0 Å². The van der Waals surface area contributed by atoms with Crippen LogP contribution in [0.2, 0.25) is 0 Å². The number of amidine groups is 2. The molecule has 0 atom stereocenters. The number of aliphatic imine (C=N–C) groups is 1. The summed E-state index contributed by atoms with van der Waals surface area (Å²) in [6.45, 7) is 6.01. The Labute approximate surface area is 123 Å². The van der Waals surface area contributed by atoms with Crippen molar-refractivity contribution in [1.29, 1.82) is 0 Å². The number of hydrogen-bond donors (Lipinski definition) is 1. The monoisotopic (exact) mass is 311 g/mol. The van der Waals surface area contributed by atoms with Gasteiger partial charge in [0, 0.05) is 11.6 Å². The lowest BCUT2D eigenvalue weighted by Crippen LogP contribution is -2.19. The van der Waals surface area contributed by atoms with E-state index in [2.05, 4.69) is 14.7 Å². The van der Waals surface area contributed by atoms with Crippen molar-refractivity contribution in [2.45, 2.75) is 20.8 Å². The van der Waals surface area contributed by atoms with E-state index in [1.165, 1.54) is 5.56 Å². The Balaban J connectivity index is 2.22. The molecular weight excluding hydrogens is 294 g/mol. The molecule has 1 aromatic rings. The van der Waals surface area contributed by atoms with Crippen LogP contribution < -0.4 is 5.32 Å². The summed E-state index contributed by atoms with van der Waals surface area (Å²) in [6.07, 6.45) is 0. The van der Waals surface area contributed by atoms with Gasteiger partial charge in [-0.3, -0.25) is 0 Å². The standard InChI is InChI=1S/C13H17N3O2S2/c1-9(2)12(14-11-6-4-10(3)5-7-11)15-13-16-20(17,18)8-19-13/h4-7,9H,8H2,1-3H3,(H,14,15,16). The van der Waals surface area contributed by atoms with Crippen LogP contribution in [0.5, 0.6) is 0 Å². The van der Waals surface area contributed by atoms with E-state index < -0.39 is 10.0 Å². The average molecular weight is 311 g/mol. The van der Waals surface area contributed by atoms with Crippen LogP contribution in [0.3, 0.4) is 0 Å². The fraction of sp³-hybridized carbons (Fsp3) is 0.385. The van der Waals surface area contributed by atoms with Gasteiger partial charge in [-0.1, -0.05) is 43.3 Å². The minimum Gasteiger partial charge on any atom is -0.343 e.